The Labute approximate surface area is 272 Å². The van der Waals surface area contributed by atoms with Gasteiger partial charge in [-0.3, -0.25) is 9.13 Å². The van der Waals surface area contributed by atoms with Crippen LogP contribution in [0.4, 0.5) is 0 Å². The molecule has 6 nitrogen and oxygen atoms in total. The number of rotatable bonds is 6. The lowest BCUT2D eigenvalue weighted by Gasteiger charge is -2.14. The molecule has 1 aliphatic rings. The fourth-order valence-electron chi connectivity index (χ4n) is 6.58. The summed E-state index contributed by atoms with van der Waals surface area (Å²) in [6.07, 6.45) is 0.879. The summed E-state index contributed by atoms with van der Waals surface area (Å²) < 4.78 is 4.35. The van der Waals surface area contributed by atoms with E-state index in [1.54, 1.807) is 0 Å². The third-order valence-corrected chi connectivity index (χ3v) is 8.83. The number of aromatic nitrogens is 6. The van der Waals surface area contributed by atoms with Crippen LogP contribution in [0.2, 0.25) is 0 Å². The van der Waals surface area contributed by atoms with Crippen molar-refractivity contribution in [3.8, 4) is 68.1 Å². The zero-order valence-electron chi connectivity index (χ0n) is 25.4. The van der Waals surface area contributed by atoms with Gasteiger partial charge in [0.15, 0.2) is 23.3 Å². The van der Waals surface area contributed by atoms with E-state index >= 15 is 0 Å². The highest BCUT2D eigenvalue weighted by Gasteiger charge is 2.24. The minimum Gasteiger partial charge on any atom is -0.275 e. The van der Waals surface area contributed by atoms with Crippen LogP contribution < -0.4 is 0 Å². The average molecular weight is 605 g/mol. The smallest absolute Gasteiger partial charge is 0.168 e. The maximum absolute atomic E-state index is 4.70. The van der Waals surface area contributed by atoms with Crippen LogP contribution in [-0.4, -0.2) is 29.5 Å². The van der Waals surface area contributed by atoms with Crippen molar-refractivity contribution in [2.24, 2.45) is 0 Å². The molecule has 0 atom stereocenters. The summed E-state index contributed by atoms with van der Waals surface area (Å²) in [5, 5.41) is 18.8. The summed E-state index contributed by atoms with van der Waals surface area (Å²) in [6, 6.07) is 54.5. The molecule has 0 bridgehead atoms. The molecule has 2 heterocycles. The molecule has 2 aromatic heterocycles. The third kappa shape index (κ3) is 4.66. The summed E-state index contributed by atoms with van der Waals surface area (Å²) in [4.78, 5) is 0. The van der Waals surface area contributed by atoms with Crippen molar-refractivity contribution in [1.29, 1.82) is 0 Å². The first kappa shape index (κ1) is 27.0. The Morgan fingerprint density at radius 2 is 0.638 bits per heavy atom. The molecule has 6 aromatic carbocycles. The van der Waals surface area contributed by atoms with Crippen molar-refractivity contribution >= 4 is 0 Å². The standard InChI is InChI=1S/C41H28N6/c1-5-13-28(14-6-1)38-42-43-39(29-15-7-2-8-16-29)46(38)34-23-21-32-25-33-22-24-35(27-37(33)36(32)26-34)47-40(30-17-9-3-10-18-30)44-45-41(47)31-19-11-4-12-20-31/h1-24,26-27H,25H2. The quantitative estimate of drug-likeness (QED) is 0.190. The Kier molecular flexibility index (Phi) is 6.42. The SMILES string of the molecule is c1ccc(-c2nnc(-c3ccccc3)n2-c2ccc3c(c2)-c2cc(-n4c(-c5ccccc5)nnc4-c4ccccc4)ccc2C3)cc1. The minimum absolute atomic E-state index is 0.806. The Hall–Kier alpha value is -6.40. The topological polar surface area (TPSA) is 61.4 Å². The second-order valence-electron chi connectivity index (χ2n) is 11.7. The molecule has 9 rings (SSSR count). The van der Waals surface area contributed by atoms with Crippen molar-refractivity contribution in [2.75, 3.05) is 0 Å². The van der Waals surface area contributed by atoms with Gasteiger partial charge in [0.25, 0.3) is 0 Å². The molecule has 0 spiro atoms. The molecule has 0 amide bonds. The van der Waals surface area contributed by atoms with Crippen molar-refractivity contribution in [1.82, 2.24) is 29.5 Å². The summed E-state index contributed by atoms with van der Waals surface area (Å²) in [5.41, 5.74) is 11.1. The molecule has 1 aliphatic carbocycles. The minimum atomic E-state index is 0.806. The van der Waals surface area contributed by atoms with E-state index in [0.717, 1.165) is 63.3 Å². The first-order valence-corrected chi connectivity index (χ1v) is 15.7. The largest absolute Gasteiger partial charge is 0.275 e. The van der Waals surface area contributed by atoms with Gasteiger partial charge in [-0.1, -0.05) is 133 Å². The molecule has 0 unspecified atom stereocenters. The number of nitrogens with zero attached hydrogens (tertiary/aromatic N) is 6. The molecule has 0 saturated carbocycles. The molecule has 8 aromatic rings. The van der Waals surface area contributed by atoms with Gasteiger partial charge in [-0.25, -0.2) is 0 Å². The van der Waals surface area contributed by atoms with E-state index in [1.807, 2.05) is 72.8 Å². The number of benzene rings is 6. The van der Waals surface area contributed by atoms with Crippen molar-refractivity contribution in [3.05, 3.63) is 169 Å². The molecule has 0 radical (unpaired) electrons. The lowest BCUT2D eigenvalue weighted by Crippen LogP contribution is -2.02. The maximum Gasteiger partial charge on any atom is 0.168 e. The first-order chi connectivity index (χ1) is 23.3. The second-order valence-corrected chi connectivity index (χ2v) is 11.7. The predicted molar refractivity (Wildman–Crippen MR) is 186 cm³/mol. The average Bonchev–Trinajstić information content (AvgIpc) is 3.88. The monoisotopic (exact) mass is 604 g/mol. The van der Waals surface area contributed by atoms with Gasteiger partial charge >= 0.3 is 0 Å². The fraction of sp³-hybridized carbons (Fsp3) is 0.0244. The van der Waals surface area contributed by atoms with E-state index in [2.05, 4.69) is 94.1 Å². The zero-order valence-corrected chi connectivity index (χ0v) is 25.4. The molecule has 0 N–H and O–H groups in total. The molecule has 0 aliphatic heterocycles. The highest BCUT2D eigenvalue weighted by Crippen LogP contribution is 2.41. The number of hydrogen-bond donors (Lipinski definition) is 0. The normalized spacial score (nSPS) is 11.7. The van der Waals surface area contributed by atoms with Crippen LogP contribution in [0.5, 0.6) is 0 Å². The first-order valence-electron chi connectivity index (χ1n) is 15.7. The van der Waals surface area contributed by atoms with E-state index in [0.29, 0.717) is 0 Å². The molecule has 0 fully saturated rings. The van der Waals surface area contributed by atoms with E-state index < -0.39 is 0 Å². The van der Waals surface area contributed by atoms with Gasteiger partial charge in [-0.15, -0.1) is 20.4 Å². The van der Waals surface area contributed by atoms with E-state index in [4.69, 9.17) is 20.4 Å². The van der Waals surface area contributed by atoms with Crippen LogP contribution in [-0.2, 0) is 6.42 Å². The summed E-state index contributed by atoms with van der Waals surface area (Å²) >= 11 is 0. The van der Waals surface area contributed by atoms with Gasteiger partial charge in [0.1, 0.15) is 0 Å². The van der Waals surface area contributed by atoms with Crippen LogP contribution in [0.1, 0.15) is 11.1 Å². The van der Waals surface area contributed by atoms with Crippen molar-refractivity contribution in [2.45, 2.75) is 6.42 Å². The van der Waals surface area contributed by atoms with Crippen molar-refractivity contribution in [3.63, 3.8) is 0 Å². The highest BCUT2D eigenvalue weighted by molar-refractivity contribution is 5.81. The van der Waals surface area contributed by atoms with Gasteiger partial charge in [0.2, 0.25) is 0 Å². The lowest BCUT2D eigenvalue weighted by molar-refractivity contribution is 1.07. The van der Waals surface area contributed by atoms with Crippen LogP contribution in [0, 0.1) is 0 Å². The molecule has 6 heteroatoms. The lowest BCUT2D eigenvalue weighted by atomic mass is 10.0. The Morgan fingerprint density at radius 1 is 0.340 bits per heavy atom. The Bertz CT molecular complexity index is 2080. The van der Waals surface area contributed by atoms with Crippen LogP contribution in [0.3, 0.4) is 0 Å². The Balaban J connectivity index is 1.21. The Morgan fingerprint density at radius 3 is 0.936 bits per heavy atom. The van der Waals surface area contributed by atoms with Crippen LogP contribution in [0.25, 0.3) is 68.1 Å². The summed E-state index contributed by atoms with van der Waals surface area (Å²) in [7, 11) is 0. The van der Waals surface area contributed by atoms with Crippen LogP contribution in [0.15, 0.2) is 158 Å². The van der Waals surface area contributed by atoms with E-state index in [-0.39, 0.29) is 0 Å². The van der Waals surface area contributed by atoms with Gasteiger partial charge in [-0.2, -0.15) is 0 Å². The zero-order chi connectivity index (χ0) is 31.2. The van der Waals surface area contributed by atoms with Gasteiger partial charge in [0, 0.05) is 33.6 Å². The van der Waals surface area contributed by atoms with E-state index in [9.17, 15) is 0 Å². The summed E-state index contributed by atoms with van der Waals surface area (Å²) in [5.74, 6) is 3.23. The highest BCUT2D eigenvalue weighted by atomic mass is 15.3. The molecule has 47 heavy (non-hydrogen) atoms. The molecular weight excluding hydrogens is 576 g/mol. The fourth-order valence-corrected chi connectivity index (χ4v) is 6.58. The molecule has 222 valence electrons. The maximum atomic E-state index is 4.70. The second kappa shape index (κ2) is 11.2. The van der Waals surface area contributed by atoms with Gasteiger partial charge in [0.05, 0.1) is 0 Å². The molecule has 0 saturated heterocycles. The van der Waals surface area contributed by atoms with E-state index in [1.165, 1.54) is 22.3 Å². The van der Waals surface area contributed by atoms with Crippen LogP contribution >= 0.6 is 0 Å². The van der Waals surface area contributed by atoms with Gasteiger partial charge in [-0.05, 0) is 52.9 Å². The van der Waals surface area contributed by atoms with Crippen molar-refractivity contribution < 1.29 is 0 Å². The predicted octanol–water partition coefficient (Wildman–Crippen LogP) is 9.09. The molecular formula is C41H28N6. The van der Waals surface area contributed by atoms with Gasteiger partial charge < -0.3 is 0 Å². The summed E-state index contributed by atoms with van der Waals surface area (Å²) in [6.45, 7) is 0. The third-order valence-electron chi connectivity index (χ3n) is 8.83. The number of hydrogen-bond acceptors (Lipinski definition) is 4. The number of fused-ring (bicyclic) bond motifs is 3.